The molecule has 2 rings (SSSR count). The van der Waals surface area contributed by atoms with E-state index >= 15 is 0 Å². The predicted molar refractivity (Wildman–Crippen MR) is 73.3 cm³/mol. The highest BCUT2D eigenvalue weighted by atomic mass is 32.2. The van der Waals surface area contributed by atoms with Crippen molar-refractivity contribution in [1.82, 2.24) is 4.72 Å². The smallest absolute Gasteiger partial charge is 0.241 e. The molecule has 0 bridgehead atoms. The molecular formula is C14H17NO3S. The lowest BCUT2D eigenvalue weighted by Crippen LogP contribution is -2.26. The van der Waals surface area contributed by atoms with Crippen LogP contribution in [0.2, 0.25) is 0 Å². The molecule has 0 saturated heterocycles. The lowest BCUT2D eigenvalue weighted by Gasteiger charge is -2.12. The van der Waals surface area contributed by atoms with Crippen LogP contribution in [0.3, 0.4) is 0 Å². The van der Waals surface area contributed by atoms with Crippen molar-refractivity contribution in [3.63, 3.8) is 0 Å². The second kappa shape index (κ2) is 5.59. The molecule has 1 unspecified atom stereocenters. The van der Waals surface area contributed by atoms with Gasteiger partial charge in [0.2, 0.25) is 10.0 Å². The van der Waals surface area contributed by atoms with Gasteiger partial charge in [-0.1, -0.05) is 19.1 Å². The molecule has 1 heterocycles. The maximum Gasteiger partial charge on any atom is 0.241 e. The Balaban J connectivity index is 2.17. The van der Waals surface area contributed by atoms with Gasteiger partial charge in [0.15, 0.2) is 0 Å². The van der Waals surface area contributed by atoms with E-state index in [1.165, 1.54) is 6.26 Å². The number of benzene rings is 1. The molecule has 2 aromatic rings. The zero-order valence-electron chi connectivity index (χ0n) is 11.0. The van der Waals surface area contributed by atoms with Crippen LogP contribution in [0.1, 0.15) is 31.2 Å². The first-order valence-electron chi connectivity index (χ1n) is 6.17. The monoisotopic (exact) mass is 279 g/mol. The highest BCUT2D eigenvalue weighted by molar-refractivity contribution is 7.89. The molecule has 0 spiro atoms. The Morgan fingerprint density at radius 3 is 2.42 bits per heavy atom. The lowest BCUT2D eigenvalue weighted by atomic mass is 10.2. The van der Waals surface area contributed by atoms with E-state index in [0.29, 0.717) is 5.76 Å². The quantitative estimate of drug-likeness (QED) is 0.915. The predicted octanol–water partition coefficient (Wildman–Crippen LogP) is 2.88. The van der Waals surface area contributed by atoms with E-state index in [1.54, 1.807) is 31.2 Å². The fourth-order valence-electron chi connectivity index (χ4n) is 1.80. The third-order valence-corrected chi connectivity index (χ3v) is 4.50. The minimum Gasteiger partial charge on any atom is -0.468 e. The molecule has 0 radical (unpaired) electrons. The Bertz CT molecular complexity index is 615. The first kappa shape index (κ1) is 13.8. The summed E-state index contributed by atoms with van der Waals surface area (Å²) >= 11 is 0. The summed E-state index contributed by atoms with van der Waals surface area (Å²) in [6.45, 7) is 3.78. The van der Waals surface area contributed by atoms with Gasteiger partial charge in [0.05, 0.1) is 17.2 Å². The number of rotatable bonds is 5. The van der Waals surface area contributed by atoms with Crippen molar-refractivity contribution >= 4 is 10.0 Å². The summed E-state index contributed by atoms with van der Waals surface area (Å²) in [5.41, 5.74) is 1.11. The molecule has 1 aromatic heterocycles. The van der Waals surface area contributed by atoms with E-state index in [4.69, 9.17) is 4.42 Å². The second-order valence-corrected chi connectivity index (χ2v) is 6.07. The van der Waals surface area contributed by atoms with Gasteiger partial charge in [0, 0.05) is 0 Å². The second-order valence-electron chi connectivity index (χ2n) is 4.36. The summed E-state index contributed by atoms with van der Waals surface area (Å²) in [5.74, 6) is 0.591. The third kappa shape index (κ3) is 3.24. The Labute approximate surface area is 113 Å². The molecule has 5 heteroatoms. The lowest BCUT2D eigenvalue weighted by molar-refractivity contribution is 0.459. The molecule has 0 fully saturated rings. The summed E-state index contributed by atoms with van der Waals surface area (Å²) in [7, 11) is -3.52. The SMILES string of the molecule is CCc1ccc(S(=O)(=O)NC(C)c2ccco2)cc1. The van der Waals surface area contributed by atoms with Crippen molar-refractivity contribution in [2.75, 3.05) is 0 Å². The Morgan fingerprint density at radius 2 is 1.89 bits per heavy atom. The molecule has 102 valence electrons. The number of aryl methyl sites for hydroxylation is 1. The normalized spacial score (nSPS) is 13.4. The van der Waals surface area contributed by atoms with Gasteiger partial charge in [-0.05, 0) is 43.2 Å². The first-order valence-corrected chi connectivity index (χ1v) is 7.66. The van der Waals surface area contributed by atoms with Crippen molar-refractivity contribution in [3.8, 4) is 0 Å². The zero-order chi connectivity index (χ0) is 13.9. The van der Waals surface area contributed by atoms with Gasteiger partial charge in [-0.15, -0.1) is 0 Å². The van der Waals surface area contributed by atoms with Crippen LogP contribution < -0.4 is 4.72 Å². The van der Waals surface area contributed by atoms with Crippen LogP contribution >= 0.6 is 0 Å². The summed E-state index contributed by atoms with van der Waals surface area (Å²) in [4.78, 5) is 0.267. The van der Waals surface area contributed by atoms with E-state index in [-0.39, 0.29) is 4.90 Å². The molecule has 0 aliphatic carbocycles. The molecule has 0 saturated carbocycles. The third-order valence-electron chi connectivity index (χ3n) is 2.94. The average molecular weight is 279 g/mol. The van der Waals surface area contributed by atoms with E-state index in [9.17, 15) is 8.42 Å². The fraction of sp³-hybridized carbons (Fsp3) is 0.286. The van der Waals surface area contributed by atoms with Crippen molar-refractivity contribution < 1.29 is 12.8 Å². The Morgan fingerprint density at radius 1 is 1.21 bits per heavy atom. The molecule has 4 nitrogen and oxygen atoms in total. The van der Waals surface area contributed by atoms with Crippen molar-refractivity contribution in [2.45, 2.75) is 31.2 Å². The average Bonchev–Trinajstić information content (AvgIpc) is 2.92. The Kier molecular flexibility index (Phi) is 4.07. The maximum absolute atomic E-state index is 12.2. The van der Waals surface area contributed by atoms with Gasteiger partial charge in [0.1, 0.15) is 5.76 Å². The summed E-state index contributed by atoms with van der Waals surface area (Å²) in [6.07, 6.45) is 2.41. The van der Waals surface area contributed by atoms with Crippen LogP contribution in [0.4, 0.5) is 0 Å². The van der Waals surface area contributed by atoms with E-state index in [1.807, 2.05) is 19.1 Å². The topological polar surface area (TPSA) is 59.3 Å². The minimum absolute atomic E-state index is 0.267. The molecule has 0 amide bonds. The summed E-state index contributed by atoms with van der Waals surface area (Å²) in [6, 6.07) is 9.97. The highest BCUT2D eigenvalue weighted by Gasteiger charge is 2.19. The number of furan rings is 1. The maximum atomic E-state index is 12.2. The van der Waals surface area contributed by atoms with Gasteiger partial charge in [-0.2, -0.15) is 0 Å². The molecule has 1 atom stereocenters. The minimum atomic E-state index is -3.52. The van der Waals surface area contributed by atoms with Crippen LogP contribution in [0, 0.1) is 0 Å². The van der Waals surface area contributed by atoms with Gasteiger partial charge >= 0.3 is 0 Å². The summed E-state index contributed by atoms with van der Waals surface area (Å²) in [5, 5.41) is 0. The van der Waals surface area contributed by atoms with Gasteiger partial charge in [-0.25, -0.2) is 13.1 Å². The standard InChI is InChI=1S/C14H17NO3S/c1-3-12-6-8-13(9-7-12)19(16,17)15-11(2)14-5-4-10-18-14/h4-11,15H,3H2,1-2H3. The number of hydrogen-bond acceptors (Lipinski definition) is 3. The Hall–Kier alpha value is -1.59. The van der Waals surface area contributed by atoms with Gasteiger partial charge in [-0.3, -0.25) is 0 Å². The highest BCUT2D eigenvalue weighted by Crippen LogP contribution is 2.17. The van der Waals surface area contributed by atoms with Gasteiger partial charge in [0.25, 0.3) is 0 Å². The van der Waals surface area contributed by atoms with E-state index in [0.717, 1.165) is 12.0 Å². The number of sulfonamides is 1. The van der Waals surface area contributed by atoms with E-state index < -0.39 is 16.1 Å². The number of nitrogens with one attached hydrogen (secondary N) is 1. The fourth-order valence-corrected chi connectivity index (χ4v) is 3.01. The first-order chi connectivity index (χ1) is 9.03. The van der Waals surface area contributed by atoms with Crippen LogP contribution in [-0.2, 0) is 16.4 Å². The van der Waals surface area contributed by atoms with Crippen LogP contribution in [0.5, 0.6) is 0 Å². The number of hydrogen-bond donors (Lipinski definition) is 1. The molecule has 0 aliphatic heterocycles. The molecule has 19 heavy (non-hydrogen) atoms. The van der Waals surface area contributed by atoms with Crippen LogP contribution in [-0.4, -0.2) is 8.42 Å². The molecular weight excluding hydrogens is 262 g/mol. The van der Waals surface area contributed by atoms with Crippen LogP contribution in [0.15, 0.2) is 52.0 Å². The molecule has 1 N–H and O–H groups in total. The van der Waals surface area contributed by atoms with Crippen molar-refractivity contribution in [3.05, 3.63) is 54.0 Å². The van der Waals surface area contributed by atoms with E-state index in [2.05, 4.69) is 4.72 Å². The van der Waals surface area contributed by atoms with Crippen molar-refractivity contribution in [2.24, 2.45) is 0 Å². The zero-order valence-corrected chi connectivity index (χ0v) is 11.8. The molecule has 0 aliphatic rings. The molecule has 1 aromatic carbocycles. The van der Waals surface area contributed by atoms with Crippen LogP contribution in [0.25, 0.3) is 0 Å². The largest absolute Gasteiger partial charge is 0.468 e. The van der Waals surface area contributed by atoms with Crippen molar-refractivity contribution in [1.29, 1.82) is 0 Å². The summed E-state index contributed by atoms with van der Waals surface area (Å²) < 4.78 is 32.1. The van der Waals surface area contributed by atoms with Gasteiger partial charge < -0.3 is 4.42 Å².